The maximum atomic E-state index is 5.39. The quantitative estimate of drug-likeness (QED) is 0.666. The van der Waals surface area contributed by atoms with Gasteiger partial charge in [-0.2, -0.15) is 11.8 Å². The Morgan fingerprint density at radius 1 is 1.46 bits per heavy atom. The van der Waals surface area contributed by atoms with Crippen molar-refractivity contribution in [1.29, 1.82) is 0 Å². The van der Waals surface area contributed by atoms with Crippen LogP contribution in [0.25, 0.3) is 0 Å². The number of nitrogens with one attached hydrogen (secondary N) is 1. The van der Waals surface area contributed by atoms with Crippen LogP contribution in [0.5, 0.6) is 0 Å². The molecule has 1 saturated heterocycles. The molecule has 0 bridgehead atoms. The number of hydrogen-bond acceptors (Lipinski definition) is 3. The van der Waals surface area contributed by atoms with Gasteiger partial charge in [0, 0.05) is 12.6 Å². The van der Waals surface area contributed by atoms with Gasteiger partial charge in [-0.05, 0) is 44.2 Å². The summed E-state index contributed by atoms with van der Waals surface area (Å²) in [5.41, 5.74) is 0. The molecule has 13 heavy (non-hydrogen) atoms. The lowest BCUT2D eigenvalue weighted by Gasteiger charge is -2.23. The van der Waals surface area contributed by atoms with Gasteiger partial charge in [0.15, 0.2) is 0 Å². The minimum Gasteiger partial charge on any atom is -0.380 e. The molecule has 1 N–H and O–H groups in total. The Morgan fingerprint density at radius 3 is 3.08 bits per heavy atom. The molecule has 2 nitrogen and oxygen atoms in total. The molecule has 0 spiro atoms. The highest BCUT2D eigenvalue weighted by Gasteiger charge is 2.11. The van der Waals surface area contributed by atoms with E-state index in [0.717, 1.165) is 19.8 Å². The predicted molar refractivity (Wildman–Crippen MR) is 59.5 cm³/mol. The SMILES string of the molecule is CSCCCCNC1CCCOC1. The molecule has 0 radical (unpaired) electrons. The molecule has 1 aliphatic heterocycles. The van der Waals surface area contributed by atoms with E-state index >= 15 is 0 Å². The lowest BCUT2D eigenvalue weighted by Crippen LogP contribution is -2.37. The van der Waals surface area contributed by atoms with Gasteiger partial charge in [-0.15, -0.1) is 0 Å². The second kappa shape index (κ2) is 7.65. The average Bonchev–Trinajstić information content (AvgIpc) is 2.19. The second-order valence-corrected chi connectivity index (χ2v) is 4.55. The third-order valence-electron chi connectivity index (χ3n) is 2.37. The van der Waals surface area contributed by atoms with Crippen LogP contribution < -0.4 is 5.32 Å². The molecule has 0 saturated carbocycles. The number of unbranched alkanes of at least 4 members (excludes halogenated alkanes) is 1. The number of thioether (sulfide) groups is 1. The Kier molecular flexibility index (Phi) is 6.68. The Hall–Kier alpha value is 0.270. The third-order valence-corrected chi connectivity index (χ3v) is 3.07. The normalized spacial score (nSPS) is 23.3. The summed E-state index contributed by atoms with van der Waals surface area (Å²) in [7, 11) is 0. The molecule has 78 valence electrons. The highest BCUT2D eigenvalue weighted by molar-refractivity contribution is 7.98. The van der Waals surface area contributed by atoms with E-state index < -0.39 is 0 Å². The summed E-state index contributed by atoms with van der Waals surface area (Å²) < 4.78 is 5.39. The summed E-state index contributed by atoms with van der Waals surface area (Å²) in [6, 6.07) is 0.628. The fraction of sp³-hybridized carbons (Fsp3) is 1.00. The molecule has 1 unspecified atom stereocenters. The molecule has 1 heterocycles. The first-order valence-corrected chi connectivity index (χ1v) is 6.63. The van der Waals surface area contributed by atoms with Crippen molar-refractivity contribution < 1.29 is 4.74 Å². The number of rotatable bonds is 6. The fourth-order valence-electron chi connectivity index (χ4n) is 1.58. The fourth-order valence-corrected chi connectivity index (χ4v) is 2.07. The topological polar surface area (TPSA) is 21.3 Å². The molecule has 0 aromatic rings. The summed E-state index contributed by atoms with van der Waals surface area (Å²) in [6.07, 6.45) is 7.33. The van der Waals surface area contributed by atoms with Gasteiger partial charge in [0.2, 0.25) is 0 Å². The first-order chi connectivity index (χ1) is 6.43. The summed E-state index contributed by atoms with van der Waals surface area (Å²) in [6.45, 7) is 3.04. The van der Waals surface area contributed by atoms with Crippen molar-refractivity contribution in [3.8, 4) is 0 Å². The molecule has 1 fully saturated rings. The average molecular weight is 203 g/mol. The molecule has 0 amide bonds. The molecular formula is C10H21NOS. The predicted octanol–water partition coefficient (Wildman–Crippen LogP) is 1.90. The largest absolute Gasteiger partial charge is 0.380 e. The van der Waals surface area contributed by atoms with Crippen LogP contribution in [0.15, 0.2) is 0 Å². The Bertz CT molecular complexity index is 115. The van der Waals surface area contributed by atoms with Gasteiger partial charge in [0.05, 0.1) is 6.61 Å². The summed E-state index contributed by atoms with van der Waals surface area (Å²) in [5, 5.41) is 3.55. The lowest BCUT2D eigenvalue weighted by molar-refractivity contribution is 0.0705. The van der Waals surface area contributed by atoms with E-state index in [4.69, 9.17) is 4.74 Å². The van der Waals surface area contributed by atoms with E-state index in [1.807, 2.05) is 11.8 Å². The summed E-state index contributed by atoms with van der Waals surface area (Å²) in [4.78, 5) is 0. The van der Waals surface area contributed by atoms with E-state index in [1.165, 1.54) is 31.4 Å². The number of hydrogen-bond donors (Lipinski definition) is 1. The van der Waals surface area contributed by atoms with Gasteiger partial charge < -0.3 is 10.1 Å². The van der Waals surface area contributed by atoms with Crippen molar-refractivity contribution in [2.45, 2.75) is 31.7 Å². The standard InChI is InChI=1S/C10H21NOS/c1-13-8-3-2-6-11-10-5-4-7-12-9-10/h10-11H,2-9H2,1H3. The minimum absolute atomic E-state index is 0.628. The number of ether oxygens (including phenoxy) is 1. The van der Waals surface area contributed by atoms with Crippen molar-refractivity contribution >= 4 is 11.8 Å². The maximum absolute atomic E-state index is 5.39. The zero-order valence-corrected chi connectivity index (χ0v) is 9.37. The van der Waals surface area contributed by atoms with Crippen LogP contribution in [0.3, 0.4) is 0 Å². The molecule has 1 aliphatic rings. The molecule has 0 aromatic carbocycles. The van der Waals surface area contributed by atoms with Crippen LogP contribution in [-0.2, 0) is 4.74 Å². The minimum atomic E-state index is 0.628. The molecule has 0 aliphatic carbocycles. The van der Waals surface area contributed by atoms with Crippen LogP contribution in [-0.4, -0.2) is 37.8 Å². The van der Waals surface area contributed by atoms with Gasteiger partial charge in [0.1, 0.15) is 0 Å². The molecular weight excluding hydrogens is 182 g/mol. The molecule has 1 rings (SSSR count). The van der Waals surface area contributed by atoms with Gasteiger partial charge in [0.25, 0.3) is 0 Å². The van der Waals surface area contributed by atoms with E-state index in [-0.39, 0.29) is 0 Å². The Labute approximate surface area is 85.8 Å². The van der Waals surface area contributed by atoms with E-state index in [0.29, 0.717) is 6.04 Å². The van der Waals surface area contributed by atoms with Crippen molar-refractivity contribution in [3.05, 3.63) is 0 Å². The zero-order chi connectivity index (χ0) is 9.36. The van der Waals surface area contributed by atoms with Gasteiger partial charge >= 0.3 is 0 Å². The van der Waals surface area contributed by atoms with Crippen LogP contribution >= 0.6 is 11.8 Å². The van der Waals surface area contributed by atoms with E-state index in [1.54, 1.807) is 0 Å². The third kappa shape index (κ3) is 5.55. The summed E-state index contributed by atoms with van der Waals surface area (Å²) in [5.74, 6) is 1.29. The van der Waals surface area contributed by atoms with Gasteiger partial charge in [-0.3, -0.25) is 0 Å². The maximum Gasteiger partial charge on any atom is 0.0619 e. The second-order valence-electron chi connectivity index (χ2n) is 3.57. The van der Waals surface area contributed by atoms with Gasteiger partial charge in [-0.1, -0.05) is 0 Å². The van der Waals surface area contributed by atoms with Crippen molar-refractivity contribution in [3.63, 3.8) is 0 Å². The van der Waals surface area contributed by atoms with Crippen LogP contribution in [0.1, 0.15) is 25.7 Å². The van der Waals surface area contributed by atoms with E-state index in [2.05, 4.69) is 11.6 Å². The molecule has 0 aromatic heterocycles. The highest BCUT2D eigenvalue weighted by Crippen LogP contribution is 2.06. The van der Waals surface area contributed by atoms with Crippen LogP contribution in [0.2, 0.25) is 0 Å². The highest BCUT2D eigenvalue weighted by atomic mass is 32.2. The van der Waals surface area contributed by atoms with Crippen LogP contribution in [0, 0.1) is 0 Å². The van der Waals surface area contributed by atoms with Crippen molar-refractivity contribution in [2.24, 2.45) is 0 Å². The van der Waals surface area contributed by atoms with Crippen molar-refractivity contribution in [2.75, 3.05) is 31.8 Å². The molecule has 3 heteroatoms. The monoisotopic (exact) mass is 203 g/mol. The smallest absolute Gasteiger partial charge is 0.0619 e. The van der Waals surface area contributed by atoms with Gasteiger partial charge in [-0.25, -0.2) is 0 Å². The van der Waals surface area contributed by atoms with E-state index in [9.17, 15) is 0 Å². The van der Waals surface area contributed by atoms with Crippen LogP contribution in [0.4, 0.5) is 0 Å². The Balaban J connectivity index is 1.86. The first kappa shape index (κ1) is 11.3. The summed E-state index contributed by atoms with van der Waals surface area (Å²) >= 11 is 1.94. The first-order valence-electron chi connectivity index (χ1n) is 5.23. The Morgan fingerprint density at radius 2 is 2.38 bits per heavy atom. The lowest BCUT2D eigenvalue weighted by atomic mass is 10.1. The zero-order valence-electron chi connectivity index (χ0n) is 8.55. The molecule has 1 atom stereocenters. The van der Waals surface area contributed by atoms with Crippen molar-refractivity contribution in [1.82, 2.24) is 5.32 Å².